The largest absolute Gasteiger partial charge is 0.340 e. The van der Waals surface area contributed by atoms with Crippen LogP contribution in [0, 0.1) is 11.6 Å². The van der Waals surface area contributed by atoms with E-state index in [9.17, 15) is 13.6 Å². The highest BCUT2D eigenvalue weighted by Gasteiger charge is 2.30. The molecule has 0 aromatic heterocycles. The molecule has 1 aromatic rings. The van der Waals surface area contributed by atoms with Crippen molar-refractivity contribution in [1.82, 2.24) is 4.90 Å². The SMILES string of the molecule is CCCC(C)(N)C(=O)N(C)Cc1ccc(F)cc1F. The van der Waals surface area contributed by atoms with Gasteiger partial charge in [-0.3, -0.25) is 4.79 Å². The maximum atomic E-state index is 13.5. The minimum absolute atomic E-state index is 0.0709. The standard InChI is InChI=1S/C14H20F2N2O/c1-4-7-14(2,17)13(19)18(3)9-10-5-6-11(15)8-12(10)16/h5-6,8H,4,7,9,17H2,1-3H3. The second-order valence-electron chi connectivity index (χ2n) is 5.06. The Morgan fingerprint density at radius 2 is 2.05 bits per heavy atom. The van der Waals surface area contributed by atoms with Crippen molar-refractivity contribution in [2.75, 3.05) is 7.05 Å². The van der Waals surface area contributed by atoms with Crippen LogP contribution >= 0.6 is 0 Å². The Labute approximate surface area is 112 Å². The maximum Gasteiger partial charge on any atom is 0.242 e. The summed E-state index contributed by atoms with van der Waals surface area (Å²) in [5.74, 6) is -1.54. The summed E-state index contributed by atoms with van der Waals surface area (Å²) in [6.07, 6.45) is 1.35. The minimum atomic E-state index is -0.958. The zero-order valence-electron chi connectivity index (χ0n) is 11.5. The van der Waals surface area contributed by atoms with Crippen LogP contribution in [0.5, 0.6) is 0 Å². The van der Waals surface area contributed by atoms with Crippen molar-refractivity contribution in [2.45, 2.75) is 38.8 Å². The number of nitrogens with two attached hydrogens (primary N) is 1. The van der Waals surface area contributed by atoms with E-state index >= 15 is 0 Å². The molecule has 0 aliphatic carbocycles. The molecule has 0 aliphatic rings. The van der Waals surface area contributed by atoms with E-state index in [4.69, 9.17) is 5.73 Å². The van der Waals surface area contributed by atoms with Gasteiger partial charge in [0.05, 0.1) is 5.54 Å². The molecule has 1 aromatic carbocycles. The summed E-state index contributed by atoms with van der Waals surface area (Å²) in [7, 11) is 1.56. The van der Waals surface area contributed by atoms with Crippen molar-refractivity contribution in [3.05, 3.63) is 35.4 Å². The predicted molar refractivity (Wildman–Crippen MR) is 70.3 cm³/mol. The van der Waals surface area contributed by atoms with E-state index in [1.54, 1.807) is 14.0 Å². The first-order valence-corrected chi connectivity index (χ1v) is 6.26. The highest BCUT2D eigenvalue weighted by atomic mass is 19.1. The van der Waals surface area contributed by atoms with Crippen LogP contribution in [-0.4, -0.2) is 23.4 Å². The first kappa shape index (κ1) is 15.6. The van der Waals surface area contributed by atoms with Crippen molar-refractivity contribution in [3.8, 4) is 0 Å². The van der Waals surface area contributed by atoms with Gasteiger partial charge >= 0.3 is 0 Å². The lowest BCUT2D eigenvalue weighted by Gasteiger charge is -2.29. The van der Waals surface area contributed by atoms with Crippen LogP contribution in [0.4, 0.5) is 8.78 Å². The first-order valence-electron chi connectivity index (χ1n) is 6.26. The number of hydrogen-bond acceptors (Lipinski definition) is 2. The fourth-order valence-electron chi connectivity index (χ4n) is 2.04. The summed E-state index contributed by atoms with van der Waals surface area (Å²) in [6.45, 7) is 3.68. The molecule has 1 atom stereocenters. The van der Waals surface area contributed by atoms with Crippen molar-refractivity contribution >= 4 is 5.91 Å². The normalized spacial score (nSPS) is 14.0. The van der Waals surface area contributed by atoms with E-state index in [0.29, 0.717) is 6.42 Å². The second-order valence-corrected chi connectivity index (χ2v) is 5.06. The number of amides is 1. The van der Waals surface area contributed by atoms with Gasteiger partial charge in [-0.2, -0.15) is 0 Å². The Morgan fingerprint density at radius 3 is 2.58 bits per heavy atom. The monoisotopic (exact) mass is 270 g/mol. The molecule has 19 heavy (non-hydrogen) atoms. The molecule has 0 fully saturated rings. The fraction of sp³-hybridized carbons (Fsp3) is 0.500. The van der Waals surface area contributed by atoms with Gasteiger partial charge in [0.2, 0.25) is 5.91 Å². The van der Waals surface area contributed by atoms with E-state index in [2.05, 4.69) is 0 Å². The molecular weight excluding hydrogens is 250 g/mol. The van der Waals surface area contributed by atoms with Crippen LogP contribution in [0.15, 0.2) is 18.2 Å². The van der Waals surface area contributed by atoms with E-state index in [-0.39, 0.29) is 18.0 Å². The lowest BCUT2D eigenvalue weighted by molar-refractivity contribution is -0.135. The lowest BCUT2D eigenvalue weighted by Crippen LogP contribution is -2.51. The van der Waals surface area contributed by atoms with Crippen molar-refractivity contribution < 1.29 is 13.6 Å². The van der Waals surface area contributed by atoms with Crippen LogP contribution in [0.3, 0.4) is 0 Å². The molecular formula is C14H20F2N2O. The Kier molecular flexibility index (Phi) is 5.00. The number of likely N-dealkylation sites (N-methyl/N-ethyl adjacent to an activating group) is 1. The Balaban J connectivity index is 2.79. The van der Waals surface area contributed by atoms with Gasteiger partial charge in [0.25, 0.3) is 0 Å². The van der Waals surface area contributed by atoms with Gasteiger partial charge in [-0.05, 0) is 19.4 Å². The van der Waals surface area contributed by atoms with Gasteiger partial charge in [-0.1, -0.05) is 19.4 Å². The number of halogens is 2. The summed E-state index contributed by atoms with van der Waals surface area (Å²) in [5, 5.41) is 0. The fourth-order valence-corrected chi connectivity index (χ4v) is 2.04. The molecule has 0 saturated heterocycles. The Hall–Kier alpha value is -1.49. The average Bonchev–Trinajstić information content (AvgIpc) is 2.31. The summed E-state index contributed by atoms with van der Waals surface area (Å²) in [5.41, 5.74) is 5.25. The maximum absolute atomic E-state index is 13.5. The highest BCUT2D eigenvalue weighted by Crippen LogP contribution is 2.16. The van der Waals surface area contributed by atoms with Gasteiger partial charge in [0.15, 0.2) is 0 Å². The third-order valence-corrected chi connectivity index (χ3v) is 3.03. The third-order valence-electron chi connectivity index (χ3n) is 3.03. The van der Waals surface area contributed by atoms with Crippen LogP contribution in [-0.2, 0) is 11.3 Å². The molecule has 2 N–H and O–H groups in total. The average molecular weight is 270 g/mol. The summed E-state index contributed by atoms with van der Waals surface area (Å²) in [4.78, 5) is 13.5. The number of benzene rings is 1. The highest BCUT2D eigenvalue weighted by molar-refractivity contribution is 5.85. The molecule has 106 valence electrons. The number of hydrogen-bond donors (Lipinski definition) is 1. The number of rotatable bonds is 5. The van der Waals surface area contributed by atoms with Gasteiger partial charge < -0.3 is 10.6 Å². The zero-order valence-corrected chi connectivity index (χ0v) is 11.5. The summed E-state index contributed by atoms with van der Waals surface area (Å²) < 4.78 is 26.3. The van der Waals surface area contributed by atoms with Gasteiger partial charge in [0, 0.05) is 25.2 Å². The second kappa shape index (κ2) is 6.10. The van der Waals surface area contributed by atoms with Crippen molar-refractivity contribution in [3.63, 3.8) is 0 Å². The van der Waals surface area contributed by atoms with Crippen molar-refractivity contribution in [1.29, 1.82) is 0 Å². The van der Waals surface area contributed by atoms with Crippen LogP contribution in [0.2, 0.25) is 0 Å². The quantitative estimate of drug-likeness (QED) is 0.893. The molecule has 1 unspecified atom stereocenters. The number of carbonyl (C=O) groups excluding carboxylic acids is 1. The van der Waals surface area contributed by atoms with E-state index in [0.717, 1.165) is 12.5 Å². The van der Waals surface area contributed by atoms with E-state index in [1.807, 2.05) is 6.92 Å². The molecule has 0 spiro atoms. The Bertz CT molecular complexity index is 461. The molecule has 0 saturated carbocycles. The van der Waals surface area contributed by atoms with Gasteiger partial charge in [0.1, 0.15) is 11.6 Å². The van der Waals surface area contributed by atoms with E-state index < -0.39 is 17.2 Å². The first-order chi connectivity index (χ1) is 8.77. The number of nitrogens with zero attached hydrogens (tertiary/aromatic N) is 1. The van der Waals surface area contributed by atoms with Crippen LogP contribution in [0.1, 0.15) is 32.3 Å². The Morgan fingerprint density at radius 1 is 1.42 bits per heavy atom. The van der Waals surface area contributed by atoms with E-state index in [1.165, 1.54) is 17.0 Å². The molecule has 0 radical (unpaired) electrons. The van der Waals surface area contributed by atoms with Gasteiger partial charge in [-0.15, -0.1) is 0 Å². The van der Waals surface area contributed by atoms with Crippen molar-refractivity contribution in [2.24, 2.45) is 5.73 Å². The van der Waals surface area contributed by atoms with Crippen LogP contribution in [0.25, 0.3) is 0 Å². The minimum Gasteiger partial charge on any atom is -0.340 e. The molecule has 0 heterocycles. The smallest absolute Gasteiger partial charge is 0.242 e. The zero-order chi connectivity index (χ0) is 14.6. The summed E-state index contributed by atoms with van der Waals surface area (Å²) >= 11 is 0. The predicted octanol–water partition coefficient (Wildman–Crippen LogP) is 2.44. The third kappa shape index (κ3) is 3.99. The molecule has 0 aliphatic heterocycles. The molecule has 5 heteroatoms. The molecule has 3 nitrogen and oxygen atoms in total. The number of carbonyl (C=O) groups is 1. The molecule has 1 amide bonds. The lowest BCUT2D eigenvalue weighted by atomic mass is 9.95. The molecule has 0 bridgehead atoms. The molecule has 1 rings (SSSR count). The van der Waals surface area contributed by atoms with Crippen LogP contribution < -0.4 is 5.73 Å². The summed E-state index contributed by atoms with van der Waals surface area (Å²) in [6, 6.07) is 3.31. The topological polar surface area (TPSA) is 46.3 Å². The van der Waals surface area contributed by atoms with Gasteiger partial charge in [-0.25, -0.2) is 8.78 Å².